The molecule has 1 aliphatic rings. The van der Waals surface area contributed by atoms with Crippen molar-refractivity contribution in [2.75, 3.05) is 19.7 Å². The second-order valence-corrected chi connectivity index (χ2v) is 8.82. The molecule has 184 valence electrons. The summed E-state index contributed by atoms with van der Waals surface area (Å²) in [6.45, 7) is 5.06. The number of fused-ring (bicyclic) bond motifs is 1. The van der Waals surface area contributed by atoms with E-state index in [4.69, 9.17) is 14.2 Å². The van der Waals surface area contributed by atoms with Crippen LogP contribution in [0.4, 0.5) is 0 Å². The van der Waals surface area contributed by atoms with E-state index in [-0.39, 0.29) is 18.3 Å². The molecular formula is C28H31NO6. The number of aliphatic hydroxyl groups is 1. The highest BCUT2D eigenvalue weighted by molar-refractivity contribution is 5.91. The smallest absolute Gasteiger partial charge is 0.339 e. The van der Waals surface area contributed by atoms with Crippen molar-refractivity contribution in [3.63, 3.8) is 0 Å². The molecule has 3 aromatic rings. The molecule has 35 heavy (non-hydrogen) atoms. The van der Waals surface area contributed by atoms with Crippen molar-refractivity contribution in [2.45, 2.75) is 38.9 Å². The fraction of sp³-hybridized carbons (Fsp3) is 0.321. The number of hydrogen-bond acceptors (Lipinski definition) is 6. The highest BCUT2D eigenvalue weighted by Gasteiger charge is 2.21. The van der Waals surface area contributed by atoms with E-state index in [1.807, 2.05) is 56.3 Å². The van der Waals surface area contributed by atoms with E-state index >= 15 is 0 Å². The van der Waals surface area contributed by atoms with Gasteiger partial charge in [-0.1, -0.05) is 18.2 Å². The number of carboxylic acids is 1. The molecule has 0 aromatic heterocycles. The Labute approximate surface area is 205 Å². The van der Waals surface area contributed by atoms with Crippen molar-refractivity contribution < 1.29 is 29.2 Å². The van der Waals surface area contributed by atoms with Crippen LogP contribution in [0.3, 0.4) is 0 Å². The number of benzene rings is 3. The minimum atomic E-state index is -1.02. The highest BCUT2D eigenvalue weighted by atomic mass is 16.5. The Morgan fingerprint density at radius 3 is 2.63 bits per heavy atom. The van der Waals surface area contributed by atoms with Crippen LogP contribution in [0.1, 0.15) is 33.5 Å². The first-order valence-electron chi connectivity index (χ1n) is 11.8. The van der Waals surface area contributed by atoms with Gasteiger partial charge in [0.2, 0.25) is 0 Å². The van der Waals surface area contributed by atoms with Crippen molar-refractivity contribution in [1.29, 1.82) is 0 Å². The molecule has 1 aliphatic heterocycles. The highest BCUT2D eigenvalue weighted by Crippen LogP contribution is 2.34. The summed E-state index contributed by atoms with van der Waals surface area (Å²) in [7, 11) is 0. The van der Waals surface area contributed by atoms with Crippen LogP contribution in [-0.2, 0) is 6.42 Å². The van der Waals surface area contributed by atoms with Gasteiger partial charge in [-0.05, 0) is 85.8 Å². The van der Waals surface area contributed by atoms with Crippen LogP contribution >= 0.6 is 0 Å². The van der Waals surface area contributed by atoms with Gasteiger partial charge < -0.3 is 29.7 Å². The molecule has 7 heteroatoms. The number of carboxylic acid groups (broad SMARTS) is 1. The number of aryl methyl sites for hydroxylation is 3. The van der Waals surface area contributed by atoms with E-state index in [0.717, 1.165) is 41.0 Å². The molecule has 7 nitrogen and oxygen atoms in total. The zero-order valence-corrected chi connectivity index (χ0v) is 20.0. The topological polar surface area (TPSA) is 97.3 Å². The maximum Gasteiger partial charge on any atom is 0.339 e. The van der Waals surface area contributed by atoms with Crippen molar-refractivity contribution in [3.8, 4) is 23.0 Å². The molecule has 0 unspecified atom stereocenters. The van der Waals surface area contributed by atoms with Gasteiger partial charge in [-0.25, -0.2) is 4.79 Å². The van der Waals surface area contributed by atoms with Crippen molar-refractivity contribution in [2.24, 2.45) is 0 Å². The van der Waals surface area contributed by atoms with Crippen LogP contribution in [0, 0.1) is 13.8 Å². The van der Waals surface area contributed by atoms with Crippen LogP contribution in [0.25, 0.3) is 0 Å². The summed E-state index contributed by atoms with van der Waals surface area (Å²) >= 11 is 0. The van der Waals surface area contributed by atoms with Crippen molar-refractivity contribution in [3.05, 3.63) is 82.9 Å². The van der Waals surface area contributed by atoms with Crippen LogP contribution in [-0.4, -0.2) is 48.1 Å². The molecule has 0 amide bonds. The Bertz CT molecular complexity index is 1160. The number of carbonyl (C=O) groups is 1. The standard InChI is InChI=1S/C28H31NO6/c1-18-12-25(28(31)32)27(13-19(18)2)34-23-10-11-26-20(14-23)8-9-24(35-26)16-29-15-21(30)17-33-22-6-4-3-5-7-22/h3-7,10-14,21,24,29-30H,8-9,15-17H2,1-2H3,(H,31,32)/t21-,24+/m0/s1. The number of aromatic carboxylic acids is 1. The third-order valence-electron chi connectivity index (χ3n) is 6.05. The SMILES string of the molecule is Cc1cc(Oc2ccc3c(c2)CC[C@H](CNC[C@H](O)COc2ccccc2)O3)c(C(=O)O)cc1C. The number of hydrogen-bond donors (Lipinski definition) is 3. The molecular weight excluding hydrogens is 446 g/mol. The zero-order valence-electron chi connectivity index (χ0n) is 20.0. The predicted octanol–water partition coefficient (Wildman–Crippen LogP) is 4.52. The average molecular weight is 478 g/mol. The number of nitrogens with one attached hydrogen (secondary N) is 1. The summed E-state index contributed by atoms with van der Waals surface area (Å²) in [6, 6.07) is 18.4. The van der Waals surface area contributed by atoms with Gasteiger partial charge in [-0.15, -0.1) is 0 Å². The van der Waals surface area contributed by atoms with Crippen LogP contribution in [0.5, 0.6) is 23.0 Å². The molecule has 0 bridgehead atoms. The third kappa shape index (κ3) is 6.53. The average Bonchev–Trinajstić information content (AvgIpc) is 2.85. The lowest BCUT2D eigenvalue weighted by Crippen LogP contribution is -2.39. The fourth-order valence-corrected chi connectivity index (χ4v) is 3.98. The summed E-state index contributed by atoms with van der Waals surface area (Å²) in [5, 5.41) is 23.0. The third-order valence-corrected chi connectivity index (χ3v) is 6.05. The largest absolute Gasteiger partial charge is 0.491 e. The van der Waals surface area contributed by atoms with Crippen LogP contribution in [0.15, 0.2) is 60.7 Å². The zero-order chi connectivity index (χ0) is 24.8. The molecule has 0 aliphatic carbocycles. The van der Waals surface area contributed by atoms with E-state index in [1.54, 1.807) is 18.2 Å². The van der Waals surface area contributed by atoms with Crippen LogP contribution in [0.2, 0.25) is 0 Å². The first kappa shape index (κ1) is 24.6. The molecule has 0 saturated heterocycles. The number of ether oxygens (including phenoxy) is 3. The second-order valence-electron chi connectivity index (χ2n) is 8.82. The molecule has 0 saturated carbocycles. The minimum absolute atomic E-state index is 0.00475. The maximum absolute atomic E-state index is 11.6. The molecule has 0 fully saturated rings. The van der Waals surface area contributed by atoms with E-state index in [0.29, 0.717) is 24.6 Å². The summed E-state index contributed by atoms with van der Waals surface area (Å²) in [5.41, 5.74) is 3.04. The Hall–Kier alpha value is -3.55. The molecule has 0 spiro atoms. The van der Waals surface area contributed by atoms with Gasteiger partial charge in [0.1, 0.15) is 47.4 Å². The lowest BCUT2D eigenvalue weighted by Gasteiger charge is -2.27. The van der Waals surface area contributed by atoms with Gasteiger partial charge in [0, 0.05) is 13.1 Å². The van der Waals surface area contributed by atoms with Gasteiger partial charge in [-0.3, -0.25) is 0 Å². The molecule has 0 radical (unpaired) electrons. The van der Waals surface area contributed by atoms with E-state index < -0.39 is 12.1 Å². The van der Waals surface area contributed by atoms with Crippen LogP contribution < -0.4 is 19.5 Å². The van der Waals surface area contributed by atoms with Gasteiger partial charge in [0.25, 0.3) is 0 Å². The maximum atomic E-state index is 11.6. The Balaban J connectivity index is 1.28. The number of aliphatic hydroxyl groups excluding tert-OH is 1. The van der Waals surface area contributed by atoms with Crippen molar-refractivity contribution >= 4 is 5.97 Å². The summed E-state index contributed by atoms with van der Waals surface area (Å²) in [6.07, 6.45) is 1.02. The van der Waals surface area contributed by atoms with E-state index in [1.165, 1.54) is 0 Å². The lowest BCUT2D eigenvalue weighted by atomic mass is 10.0. The van der Waals surface area contributed by atoms with Crippen molar-refractivity contribution in [1.82, 2.24) is 5.32 Å². The Kier molecular flexibility index (Phi) is 7.90. The Morgan fingerprint density at radius 2 is 1.86 bits per heavy atom. The molecule has 3 N–H and O–H groups in total. The van der Waals surface area contributed by atoms with Gasteiger partial charge in [0.15, 0.2) is 0 Å². The Morgan fingerprint density at radius 1 is 1.09 bits per heavy atom. The summed E-state index contributed by atoms with van der Waals surface area (Å²) < 4.78 is 17.7. The van der Waals surface area contributed by atoms with Gasteiger partial charge in [0.05, 0.1) is 0 Å². The molecule has 1 heterocycles. The lowest BCUT2D eigenvalue weighted by molar-refractivity contribution is 0.0694. The quantitative estimate of drug-likeness (QED) is 0.395. The monoisotopic (exact) mass is 477 g/mol. The first-order valence-corrected chi connectivity index (χ1v) is 11.8. The second kappa shape index (κ2) is 11.3. The number of rotatable bonds is 10. The minimum Gasteiger partial charge on any atom is -0.491 e. The van der Waals surface area contributed by atoms with E-state index in [9.17, 15) is 15.0 Å². The molecule has 3 aromatic carbocycles. The van der Waals surface area contributed by atoms with E-state index in [2.05, 4.69) is 5.32 Å². The summed E-state index contributed by atoms with van der Waals surface area (Å²) in [4.78, 5) is 11.6. The molecule has 2 atom stereocenters. The van der Waals surface area contributed by atoms with Gasteiger partial charge in [-0.2, -0.15) is 0 Å². The molecule has 4 rings (SSSR count). The summed E-state index contributed by atoms with van der Waals surface area (Å²) in [5.74, 6) is 1.42. The predicted molar refractivity (Wildman–Crippen MR) is 133 cm³/mol. The normalized spacial score (nSPS) is 15.6. The van der Waals surface area contributed by atoms with Gasteiger partial charge >= 0.3 is 5.97 Å². The first-order chi connectivity index (χ1) is 16.9. The number of para-hydroxylation sites is 1. The fourth-order valence-electron chi connectivity index (χ4n) is 3.98.